The third-order valence-corrected chi connectivity index (χ3v) is 4.45. The summed E-state index contributed by atoms with van der Waals surface area (Å²) >= 11 is 18.5. The molecular formula is C18H21Cl3N2O. The van der Waals surface area contributed by atoms with Gasteiger partial charge in [0.15, 0.2) is 0 Å². The summed E-state index contributed by atoms with van der Waals surface area (Å²) in [5.41, 5.74) is 1.78. The predicted octanol–water partition coefficient (Wildman–Crippen LogP) is 4.88. The molecule has 0 radical (unpaired) electrons. The number of benzene rings is 2. The number of likely N-dealkylation sites (N-methyl/N-ethyl adjacent to an activating group) is 1. The summed E-state index contributed by atoms with van der Waals surface area (Å²) < 4.78 is 5.94. The first-order valence-corrected chi connectivity index (χ1v) is 8.80. The Labute approximate surface area is 158 Å². The van der Waals surface area contributed by atoms with Crippen molar-refractivity contribution in [3.63, 3.8) is 0 Å². The van der Waals surface area contributed by atoms with E-state index in [1.807, 2.05) is 38.4 Å². The number of halogens is 3. The first kappa shape index (κ1) is 19.4. The number of nitrogens with one attached hydrogen (secondary N) is 1. The van der Waals surface area contributed by atoms with Crippen molar-refractivity contribution in [2.75, 3.05) is 27.2 Å². The molecular weight excluding hydrogens is 367 g/mol. The third-order valence-electron chi connectivity index (χ3n) is 3.51. The van der Waals surface area contributed by atoms with E-state index in [2.05, 4.69) is 10.2 Å². The van der Waals surface area contributed by atoms with Gasteiger partial charge in [-0.3, -0.25) is 0 Å². The second-order valence-corrected chi connectivity index (χ2v) is 6.97. The zero-order valence-corrected chi connectivity index (χ0v) is 16.0. The predicted molar refractivity (Wildman–Crippen MR) is 103 cm³/mol. The van der Waals surface area contributed by atoms with Crippen LogP contribution in [0, 0.1) is 0 Å². The molecule has 0 fully saturated rings. The molecule has 130 valence electrons. The van der Waals surface area contributed by atoms with Gasteiger partial charge < -0.3 is 15.0 Å². The second kappa shape index (κ2) is 9.50. The molecule has 0 aliphatic carbocycles. The summed E-state index contributed by atoms with van der Waals surface area (Å²) in [7, 11) is 4.09. The van der Waals surface area contributed by atoms with Crippen LogP contribution in [0.15, 0.2) is 36.4 Å². The number of hydrogen-bond acceptors (Lipinski definition) is 3. The van der Waals surface area contributed by atoms with Crippen molar-refractivity contribution in [2.45, 2.75) is 13.2 Å². The number of rotatable bonds is 8. The van der Waals surface area contributed by atoms with Crippen LogP contribution in [0.25, 0.3) is 0 Å². The first-order valence-electron chi connectivity index (χ1n) is 7.67. The summed E-state index contributed by atoms with van der Waals surface area (Å²) in [5, 5.41) is 5.27. The molecule has 0 aliphatic heterocycles. The summed E-state index contributed by atoms with van der Waals surface area (Å²) in [6.45, 7) is 2.84. The molecule has 0 heterocycles. The van der Waals surface area contributed by atoms with Crippen molar-refractivity contribution in [1.82, 2.24) is 10.2 Å². The average molecular weight is 388 g/mol. The molecule has 1 N–H and O–H groups in total. The molecule has 0 aliphatic rings. The van der Waals surface area contributed by atoms with Crippen LogP contribution in [-0.4, -0.2) is 32.1 Å². The molecule has 0 aromatic heterocycles. The number of nitrogens with zero attached hydrogens (tertiary/aromatic N) is 1. The van der Waals surface area contributed by atoms with E-state index in [-0.39, 0.29) is 0 Å². The fourth-order valence-electron chi connectivity index (χ4n) is 2.17. The van der Waals surface area contributed by atoms with Gasteiger partial charge in [-0.1, -0.05) is 40.9 Å². The van der Waals surface area contributed by atoms with E-state index in [9.17, 15) is 0 Å². The van der Waals surface area contributed by atoms with Gasteiger partial charge in [0.1, 0.15) is 12.4 Å². The highest BCUT2D eigenvalue weighted by atomic mass is 35.5. The monoisotopic (exact) mass is 386 g/mol. The molecule has 0 amide bonds. The van der Waals surface area contributed by atoms with Gasteiger partial charge in [-0.25, -0.2) is 0 Å². The Morgan fingerprint density at radius 1 is 1.04 bits per heavy atom. The minimum absolute atomic E-state index is 0.310. The van der Waals surface area contributed by atoms with Crippen LogP contribution >= 0.6 is 34.8 Å². The van der Waals surface area contributed by atoms with Crippen LogP contribution in [-0.2, 0) is 13.2 Å². The lowest BCUT2D eigenvalue weighted by atomic mass is 10.2. The Balaban J connectivity index is 2.04. The van der Waals surface area contributed by atoms with Crippen molar-refractivity contribution in [3.8, 4) is 5.75 Å². The number of ether oxygens (including phenoxy) is 1. The van der Waals surface area contributed by atoms with Crippen LogP contribution in [0.2, 0.25) is 15.1 Å². The van der Waals surface area contributed by atoms with Crippen molar-refractivity contribution < 1.29 is 4.74 Å². The normalized spacial score (nSPS) is 11.1. The molecule has 0 spiro atoms. The molecule has 0 atom stereocenters. The van der Waals surface area contributed by atoms with E-state index in [1.165, 1.54) is 0 Å². The van der Waals surface area contributed by atoms with Gasteiger partial charge in [0, 0.05) is 45.8 Å². The first-order chi connectivity index (χ1) is 11.5. The molecule has 0 unspecified atom stereocenters. The van der Waals surface area contributed by atoms with Crippen molar-refractivity contribution in [3.05, 3.63) is 62.6 Å². The topological polar surface area (TPSA) is 24.5 Å². The standard InChI is InChI=1S/C18H21Cl3N2O/c1-23(2)9-8-22-11-13-10-14(19)6-7-18(13)24-12-15-16(20)4-3-5-17(15)21/h3-7,10,22H,8-9,11-12H2,1-2H3. The fourth-order valence-corrected chi connectivity index (χ4v) is 2.87. The molecule has 0 bridgehead atoms. The second-order valence-electron chi connectivity index (χ2n) is 5.72. The highest BCUT2D eigenvalue weighted by molar-refractivity contribution is 6.36. The van der Waals surface area contributed by atoms with E-state index in [0.717, 1.165) is 30.0 Å². The van der Waals surface area contributed by atoms with Crippen LogP contribution in [0.5, 0.6) is 5.75 Å². The molecule has 3 nitrogen and oxygen atoms in total. The summed E-state index contributed by atoms with van der Waals surface area (Å²) in [4.78, 5) is 2.13. The molecule has 6 heteroatoms. The minimum atomic E-state index is 0.310. The van der Waals surface area contributed by atoms with Crippen molar-refractivity contribution in [1.29, 1.82) is 0 Å². The molecule has 2 rings (SSSR count). The highest BCUT2D eigenvalue weighted by Crippen LogP contribution is 2.28. The van der Waals surface area contributed by atoms with Crippen LogP contribution in [0.1, 0.15) is 11.1 Å². The van der Waals surface area contributed by atoms with E-state index in [0.29, 0.717) is 28.2 Å². The average Bonchev–Trinajstić information content (AvgIpc) is 2.52. The molecule has 0 saturated heterocycles. The van der Waals surface area contributed by atoms with Gasteiger partial charge >= 0.3 is 0 Å². The smallest absolute Gasteiger partial charge is 0.124 e. The minimum Gasteiger partial charge on any atom is -0.488 e. The highest BCUT2D eigenvalue weighted by Gasteiger charge is 2.09. The Kier molecular flexibility index (Phi) is 7.66. The van der Waals surface area contributed by atoms with Crippen LogP contribution < -0.4 is 10.1 Å². The zero-order chi connectivity index (χ0) is 17.5. The summed E-state index contributed by atoms with van der Waals surface area (Å²) in [6.07, 6.45) is 0. The lowest BCUT2D eigenvalue weighted by molar-refractivity contribution is 0.302. The van der Waals surface area contributed by atoms with Gasteiger partial charge in [0.25, 0.3) is 0 Å². The van der Waals surface area contributed by atoms with Gasteiger partial charge in [-0.2, -0.15) is 0 Å². The van der Waals surface area contributed by atoms with Crippen molar-refractivity contribution >= 4 is 34.8 Å². The Morgan fingerprint density at radius 3 is 2.42 bits per heavy atom. The number of hydrogen-bond donors (Lipinski definition) is 1. The SMILES string of the molecule is CN(C)CCNCc1cc(Cl)ccc1OCc1c(Cl)cccc1Cl. The molecule has 2 aromatic rings. The van der Waals surface area contributed by atoms with Crippen LogP contribution in [0.3, 0.4) is 0 Å². The largest absolute Gasteiger partial charge is 0.488 e. The lowest BCUT2D eigenvalue weighted by Crippen LogP contribution is -2.26. The fraction of sp³-hybridized carbons (Fsp3) is 0.333. The zero-order valence-electron chi connectivity index (χ0n) is 13.8. The van der Waals surface area contributed by atoms with E-state index in [4.69, 9.17) is 39.5 Å². The summed E-state index contributed by atoms with van der Waals surface area (Å²) in [5.74, 6) is 0.771. The van der Waals surface area contributed by atoms with Crippen LogP contribution in [0.4, 0.5) is 0 Å². The Hall–Kier alpha value is -0.970. The third kappa shape index (κ3) is 5.83. The molecule has 24 heavy (non-hydrogen) atoms. The quantitative estimate of drug-likeness (QED) is 0.654. The Bertz CT molecular complexity index is 657. The van der Waals surface area contributed by atoms with Gasteiger partial charge in [0.2, 0.25) is 0 Å². The van der Waals surface area contributed by atoms with Gasteiger partial charge in [-0.05, 0) is 44.4 Å². The molecule has 0 saturated carbocycles. The maximum atomic E-state index is 6.19. The molecule has 2 aromatic carbocycles. The lowest BCUT2D eigenvalue weighted by Gasteiger charge is -2.15. The summed E-state index contributed by atoms with van der Waals surface area (Å²) in [6, 6.07) is 11.0. The van der Waals surface area contributed by atoms with E-state index in [1.54, 1.807) is 12.1 Å². The Morgan fingerprint density at radius 2 is 1.75 bits per heavy atom. The van der Waals surface area contributed by atoms with E-state index < -0.39 is 0 Å². The van der Waals surface area contributed by atoms with E-state index >= 15 is 0 Å². The van der Waals surface area contributed by atoms with Gasteiger partial charge in [0.05, 0.1) is 0 Å². The van der Waals surface area contributed by atoms with Gasteiger partial charge in [-0.15, -0.1) is 0 Å². The van der Waals surface area contributed by atoms with Crippen molar-refractivity contribution in [2.24, 2.45) is 0 Å². The maximum Gasteiger partial charge on any atom is 0.124 e. The maximum absolute atomic E-state index is 6.19.